The third-order valence-corrected chi connectivity index (χ3v) is 3.59. The number of hydrogen-bond acceptors (Lipinski definition) is 6. The largest absolute Gasteiger partial charge is 0.448 e. The summed E-state index contributed by atoms with van der Waals surface area (Å²) in [6.07, 6.45) is 4.64. The smallest absolute Gasteiger partial charge is 0.271 e. The first-order valence-electron chi connectivity index (χ1n) is 6.84. The average molecular weight is 342 g/mol. The fourth-order valence-corrected chi connectivity index (χ4v) is 2.42. The molecule has 0 spiro atoms. The Balaban J connectivity index is 1.58. The van der Waals surface area contributed by atoms with Crippen LogP contribution in [0, 0.1) is 5.82 Å². The molecule has 1 N–H and O–H groups in total. The third kappa shape index (κ3) is 4.26. The zero-order valence-electron chi connectivity index (χ0n) is 12.2. The lowest BCUT2D eigenvalue weighted by Crippen LogP contribution is -2.17. The molecule has 2 aromatic heterocycles. The number of nitrogens with zero attached hydrogens (tertiary/aromatic N) is 3. The quantitative estimate of drug-likeness (QED) is 0.438. The maximum absolute atomic E-state index is 13.1. The van der Waals surface area contributed by atoms with Crippen LogP contribution in [-0.4, -0.2) is 22.1 Å². The Hall–Kier alpha value is -3.00. The minimum Gasteiger partial charge on any atom is -0.448 e. The highest BCUT2D eigenvalue weighted by molar-refractivity contribution is 7.99. The molecule has 0 aliphatic carbocycles. The second kappa shape index (κ2) is 7.51. The molecule has 0 bridgehead atoms. The number of furan rings is 1. The molecule has 120 valence electrons. The SMILES string of the molecule is O=C(NN=Cc1ccc(Sc2ncccn2)o1)c1cccc(F)c1. The van der Waals surface area contributed by atoms with Crippen LogP contribution < -0.4 is 5.43 Å². The van der Waals surface area contributed by atoms with Crippen LogP contribution >= 0.6 is 11.8 Å². The first kappa shape index (κ1) is 15.9. The Morgan fingerprint density at radius 3 is 2.83 bits per heavy atom. The topological polar surface area (TPSA) is 80.4 Å². The Bertz CT molecular complexity index is 867. The van der Waals surface area contributed by atoms with Gasteiger partial charge in [-0.2, -0.15) is 5.10 Å². The predicted octanol–water partition coefficient (Wildman–Crippen LogP) is 3.12. The molecule has 0 saturated heterocycles. The summed E-state index contributed by atoms with van der Waals surface area (Å²) in [7, 11) is 0. The van der Waals surface area contributed by atoms with E-state index in [1.54, 1.807) is 30.6 Å². The lowest BCUT2D eigenvalue weighted by atomic mass is 10.2. The normalized spacial score (nSPS) is 10.9. The molecule has 0 unspecified atom stereocenters. The van der Waals surface area contributed by atoms with Crippen molar-refractivity contribution in [2.45, 2.75) is 10.2 Å². The summed E-state index contributed by atoms with van der Waals surface area (Å²) < 4.78 is 18.6. The standard InChI is InChI=1S/C16H11FN4O2S/c17-12-4-1-3-11(9-12)15(22)21-20-10-13-5-6-14(23-13)24-16-18-7-2-8-19-16/h1-10H,(H,21,22). The Morgan fingerprint density at radius 1 is 1.21 bits per heavy atom. The van der Waals surface area contributed by atoms with Crippen LogP contribution in [0.1, 0.15) is 16.1 Å². The minimum absolute atomic E-state index is 0.184. The van der Waals surface area contributed by atoms with Gasteiger partial charge in [-0.25, -0.2) is 19.8 Å². The van der Waals surface area contributed by atoms with Crippen LogP contribution in [0.5, 0.6) is 0 Å². The highest BCUT2D eigenvalue weighted by Crippen LogP contribution is 2.25. The van der Waals surface area contributed by atoms with Gasteiger partial charge in [0, 0.05) is 18.0 Å². The number of carbonyl (C=O) groups excluding carboxylic acids is 1. The highest BCUT2D eigenvalue weighted by atomic mass is 32.2. The minimum atomic E-state index is -0.510. The summed E-state index contributed by atoms with van der Waals surface area (Å²) in [5.41, 5.74) is 2.49. The number of benzene rings is 1. The molecule has 6 nitrogen and oxygen atoms in total. The predicted molar refractivity (Wildman–Crippen MR) is 86.3 cm³/mol. The molecule has 1 amide bonds. The van der Waals surface area contributed by atoms with Gasteiger partial charge in [-0.3, -0.25) is 4.79 Å². The van der Waals surface area contributed by atoms with Crippen molar-refractivity contribution in [3.05, 3.63) is 72.0 Å². The van der Waals surface area contributed by atoms with Crippen molar-refractivity contribution < 1.29 is 13.6 Å². The number of hydrogen-bond donors (Lipinski definition) is 1. The Kier molecular flexibility index (Phi) is 4.97. The zero-order chi connectivity index (χ0) is 16.8. The van der Waals surface area contributed by atoms with Crippen molar-refractivity contribution in [2.75, 3.05) is 0 Å². The zero-order valence-corrected chi connectivity index (χ0v) is 13.0. The number of carbonyl (C=O) groups is 1. The van der Waals surface area contributed by atoms with Gasteiger partial charge in [0.1, 0.15) is 11.6 Å². The molecule has 2 heterocycles. The van der Waals surface area contributed by atoms with E-state index >= 15 is 0 Å². The van der Waals surface area contributed by atoms with E-state index < -0.39 is 11.7 Å². The van der Waals surface area contributed by atoms with Gasteiger partial charge in [-0.15, -0.1) is 0 Å². The van der Waals surface area contributed by atoms with Gasteiger partial charge in [0.05, 0.1) is 6.21 Å². The van der Waals surface area contributed by atoms with Gasteiger partial charge < -0.3 is 4.42 Å². The molecule has 0 radical (unpaired) electrons. The number of rotatable bonds is 5. The van der Waals surface area contributed by atoms with E-state index in [1.165, 1.54) is 36.2 Å². The summed E-state index contributed by atoms with van der Waals surface area (Å²) >= 11 is 1.27. The van der Waals surface area contributed by atoms with E-state index in [1.807, 2.05) is 0 Å². The van der Waals surface area contributed by atoms with E-state index in [-0.39, 0.29) is 5.56 Å². The Labute approximate surface area is 140 Å². The maximum Gasteiger partial charge on any atom is 0.271 e. The first-order valence-corrected chi connectivity index (χ1v) is 7.66. The first-order chi connectivity index (χ1) is 11.7. The summed E-state index contributed by atoms with van der Waals surface area (Å²) in [6.45, 7) is 0. The molecule has 1 aromatic carbocycles. The van der Waals surface area contributed by atoms with E-state index in [0.717, 1.165) is 6.07 Å². The number of aromatic nitrogens is 2. The van der Waals surface area contributed by atoms with Crippen molar-refractivity contribution in [1.82, 2.24) is 15.4 Å². The lowest BCUT2D eigenvalue weighted by molar-refractivity contribution is 0.0954. The van der Waals surface area contributed by atoms with E-state index in [4.69, 9.17) is 4.42 Å². The van der Waals surface area contributed by atoms with Gasteiger partial charge in [0.25, 0.3) is 5.91 Å². The molecule has 0 aliphatic rings. The monoisotopic (exact) mass is 342 g/mol. The Morgan fingerprint density at radius 2 is 2.04 bits per heavy atom. The molecule has 0 fully saturated rings. The molecule has 3 aromatic rings. The second-order valence-electron chi connectivity index (χ2n) is 4.50. The van der Waals surface area contributed by atoms with Crippen molar-refractivity contribution in [3.63, 3.8) is 0 Å². The summed E-state index contributed by atoms with van der Waals surface area (Å²) in [5.74, 6) is -0.542. The van der Waals surface area contributed by atoms with Crippen molar-refractivity contribution in [2.24, 2.45) is 5.10 Å². The van der Waals surface area contributed by atoms with Gasteiger partial charge in [-0.1, -0.05) is 6.07 Å². The van der Waals surface area contributed by atoms with Crippen molar-refractivity contribution in [3.8, 4) is 0 Å². The molecule has 24 heavy (non-hydrogen) atoms. The van der Waals surface area contributed by atoms with E-state index in [2.05, 4.69) is 20.5 Å². The average Bonchev–Trinajstić information content (AvgIpc) is 3.03. The molecule has 0 saturated carbocycles. The second-order valence-corrected chi connectivity index (χ2v) is 5.47. The molecular formula is C16H11FN4O2S. The van der Waals surface area contributed by atoms with Gasteiger partial charge >= 0.3 is 0 Å². The molecule has 8 heteroatoms. The molecule has 0 aliphatic heterocycles. The van der Waals surface area contributed by atoms with Gasteiger partial charge in [0.15, 0.2) is 10.2 Å². The fraction of sp³-hybridized carbons (Fsp3) is 0. The number of nitrogens with one attached hydrogen (secondary N) is 1. The number of halogens is 1. The molecular weight excluding hydrogens is 331 g/mol. The number of hydrazone groups is 1. The number of amides is 1. The summed E-state index contributed by atoms with van der Waals surface area (Å²) in [6, 6.07) is 10.5. The third-order valence-electron chi connectivity index (χ3n) is 2.78. The van der Waals surface area contributed by atoms with Crippen molar-refractivity contribution in [1.29, 1.82) is 0 Å². The van der Waals surface area contributed by atoms with Gasteiger partial charge in [-0.05, 0) is 48.2 Å². The van der Waals surface area contributed by atoms with Gasteiger partial charge in [0.2, 0.25) is 0 Å². The van der Waals surface area contributed by atoms with E-state index in [0.29, 0.717) is 16.0 Å². The van der Waals surface area contributed by atoms with Crippen LogP contribution in [0.2, 0.25) is 0 Å². The van der Waals surface area contributed by atoms with Crippen LogP contribution in [0.25, 0.3) is 0 Å². The fourth-order valence-electron chi connectivity index (χ4n) is 1.74. The van der Waals surface area contributed by atoms with Crippen LogP contribution in [0.3, 0.4) is 0 Å². The lowest BCUT2D eigenvalue weighted by Gasteiger charge is -1.99. The van der Waals surface area contributed by atoms with Crippen molar-refractivity contribution >= 4 is 23.9 Å². The van der Waals surface area contributed by atoms with Crippen LogP contribution in [-0.2, 0) is 0 Å². The summed E-state index contributed by atoms with van der Waals surface area (Å²) in [5, 5.41) is 4.95. The summed E-state index contributed by atoms with van der Waals surface area (Å²) in [4.78, 5) is 20.0. The maximum atomic E-state index is 13.1. The molecule has 0 atom stereocenters. The van der Waals surface area contributed by atoms with Crippen LogP contribution in [0.15, 0.2) is 74.6 Å². The van der Waals surface area contributed by atoms with Crippen LogP contribution in [0.4, 0.5) is 4.39 Å². The van der Waals surface area contributed by atoms with E-state index in [9.17, 15) is 9.18 Å². The molecule has 3 rings (SSSR count). The highest BCUT2D eigenvalue weighted by Gasteiger charge is 2.06.